The molecule has 0 spiro atoms. The Kier molecular flexibility index (Phi) is 2.87. The molecule has 0 amide bonds. The predicted molar refractivity (Wildman–Crippen MR) is 69.5 cm³/mol. The second-order valence-electron chi connectivity index (χ2n) is 4.86. The number of fused-ring (bicyclic) bond motifs is 3. The lowest BCUT2D eigenvalue weighted by Gasteiger charge is -2.38. The fourth-order valence-corrected chi connectivity index (χ4v) is 3.01. The minimum absolute atomic E-state index is 0.199. The average Bonchev–Trinajstić information content (AvgIpc) is 2.56. The van der Waals surface area contributed by atoms with Crippen LogP contribution in [-0.4, -0.2) is 19.1 Å². The third kappa shape index (κ3) is 1.97. The van der Waals surface area contributed by atoms with E-state index in [1.54, 1.807) is 12.1 Å². The number of nitrogens with one attached hydrogen (secondary N) is 1. The van der Waals surface area contributed by atoms with E-state index in [4.69, 9.17) is 11.6 Å². The average molecular weight is 255 g/mol. The molecular formula is C13H16ClFN2. The van der Waals surface area contributed by atoms with Crippen molar-refractivity contribution in [3.8, 4) is 0 Å². The molecule has 1 unspecified atom stereocenters. The molecule has 0 aromatic heterocycles. The van der Waals surface area contributed by atoms with Crippen molar-refractivity contribution < 1.29 is 4.39 Å². The molecule has 1 saturated heterocycles. The Hall–Kier alpha value is -0.960. The van der Waals surface area contributed by atoms with Crippen molar-refractivity contribution in [2.24, 2.45) is 0 Å². The van der Waals surface area contributed by atoms with Gasteiger partial charge in [0.2, 0.25) is 0 Å². The van der Waals surface area contributed by atoms with Crippen molar-refractivity contribution in [2.75, 3.05) is 23.3 Å². The quantitative estimate of drug-likeness (QED) is 0.760. The number of benzene rings is 1. The van der Waals surface area contributed by atoms with Crippen molar-refractivity contribution in [1.82, 2.24) is 0 Å². The molecular weight excluding hydrogens is 239 g/mol. The van der Waals surface area contributed by atoms with Crippen LogP contribution in [-0.2, 0) is 0 Å². The van der Waals surface area contributed by atoms with Gasteiger partial charge in [-0.05, 0) is 18.9 Å². The first-order valence-electron chi connectivity index (χ1n) is 6.25. The highest BCUT2D eigenvalue weighted by atomic mass is 35.5. The molecule has 2 heterocycles. The topological polar surface area (TPSA) is 15.3 Å². The van der Waals surface area contributed by atoms with Gasteiger partial charge in [-0.15, -0.1) is 0 Å². The summed E-state index contributed by atoms with van der Waals surface area (Å²) in [5.74, 6) is -0.322. The molecule has 17 heavy (non-hydrogen) atoms. The fraction of sp³-hybridized carbons (Fsp3) is 0.538. The van der Waals surface area contributed by atoms with Crippen LogP contribution in [0.15, 0.2) is 12.1 Å². The van der Waals surface area contributed by atoms with E-state index in [-0.39, 0.29) is 10.8 Å². The van der Waals surface area contributed by atoms with Gasteiger partial charge in [-0.25, -0.2) is 4.39 Å². The highest BCUT2D eigenvalue weighted by Crippen LogP contribution is 2.37. The standard InChI is InChI=1S/C13H16ClFN2/c14-10-6-12-13(7-11(10)15)17-5-3-1-2-4-9(17)8-16-12/h6-7,9,16H,1-5,8H2. The molecule has 92 valence electrons. The van der Waals surface area contributed by atoms with E-state index in [2.05, 4.69) is 10.2 Å². The minimum Gasteiger partial charge on any atom is -0.381 e. The zero-order chi connectivity index (χ0) is 11.8. The third-order valence-electron chi connectivity index (χ3n) is 3.75. The molecule has 1 fully saturated rings. The number of hydrogen-bond donors (Lipinski definition) is 1. The molecule has 1 aromatic carbocycles. The Balaban J connectivity index is 2.01. The fourth-order valence-electron chi connectivity index (χ4n) is 2.85. The van der Waals surface area contributed by atoms with E-state index in [9.17, 15) is 4.39 Å². The Morgan fingerprint density at radius 2 is 2.18 bits per heavy atom. The predicted octanol–water partition coefficient (Wildman–Crippen LogP) is 3.65. The lowest BCUT2D eigenvalue weighted by molar-refractivity contribution is 0.577. The Morgan fingerprint density at radius 1 is 1.29 bits per heavy atom. The number of anilines is 2. The van der Waals surface area contributed by atoms with Crippen molar-refractivity contribution in [1.29, 1.82) is 0 Å². The van der Waals surface area contributed by atoms with Crippen molar-refractivity contribution in [3.05, 3.63) is 23.0 Å². The highest BCUT2D eigenvalue weighted by Gasteiger charge is 2.28. The van der Waals surface area contributed by atoms with Gasteiger partial charge in [0, 0.05) is 25.2 Å². The van der Waals surface area contributed by atoms with E-state index in [1.165, 1.54) is 25.7 Å². The first-order chi connectivity index (χ1) is 8.25. The summed E-state index contributed by atoms with van der Waals surface area (Å²) in [6, 6.07) is 3.78. The molecule has 2 aliphatic heterocycles. The lowest BCUT2D eigenvalue weighted by atomic mass is 10.1. The van der Waals surface area contributed by atoms with Crippen LogP contribution in [0.4, 0.5) is 15.8 Å². The molecule has 1 aromatic rings. The lowest BCUT2D eigenvalue weighted by Crippen LogP contribution is -2.43. The van der Waals surface area contributed by atoms with E-state index in [1.807, 2.05) is 0 Å². The van der Waals surface area contributed by atoms with Crippen LogP contribution in [0.1, 0.15) is 25.7 Å². The van der Waals surface area contributed by atoms with E-state index in [0.29, 0.717) is 6.04 Å². The summed E-state index contributed by atoms with van der Waals surface area (Å²) >= 11 is 5.82. The van der Waals surface area contributed by atoms with Gasteiger partial charge in [-0.1, -0.05) is 24.4 Å². The minimum atomic E-state index is -0.322. The van der Waals surface area contributed by atoms with Crippen LogP contribution in [0, 0.1) is 5.82 Å². The summed E-state index contributed by atoms with van der Waals surface area (Å²) in [6.45, 7) is 1.97. The Morgan fingerprint density at radius 3 is 3.06 bits per heavy atom. The smallest absolute Gasteiger partial charge is 0.144 e. The Labute approximate surface area is 106 Å². The normalized spacial score (nSPS) is 23.4. The van der Waals surface area contributed by atoms with E-state index in [0.717, 1.165) is 24.5 Å². The van der Waals surface area contributed by atoms with Gasteiger partial charge in [0.1, 0.15) is 5.82 Å². The van der Waals surface area contributed by atoms with Gasteiger partial charge >= 0.3 is 0 Å². The number of nitrogens with zero attached hydrogens (tertiary/aromatic N) is 1. The van der Waals surface area contributed by atoms with Crippen LogP contribution in [0.3, 0.4) is 0 Å². The van der Waals surface area contributed by atoms with Crippen LogP contribution in [0.25, 0.3) is 0 Å². The monoisotopic (exact) mass is 254 g/mol. The van der Waals surface area contributed by atoms with Crippen LogP contribution in [0.2, 0.25) is 5.02 Å². The molecule has 2 nitrogen and oxygen atoms in total. The summed E-state index contributed by atoms with van der Waals surface area (Å²) in [6.07, 6.45) is 4.93. The van der Waals surface area contributed by atoms with Crippen molar-refractivity contribution in [2.45, 2.75) is 31.7 Å². The zero-order valence-corrected chi connectivity index (χ0v) is 10.4. The molecule has 3 rings (SSSR count). The molecule has 0 radical (unpaired) electrons. The van der Waals surface area contributed by atoms with Gasteiger partial charge in [0.05, 0.1) is 16.4 Å². The summed E-state index contributed by atoms with van der Waals surface area (Å²) in [4.78, 5) is 2.35. The third-order valence-corrected chi connectivity index (χ3v) is 4.04. The molecule has 1 N–H and O–H groups in total. The summed E-state index contributed by atoms with van der Waals surface area (Å²) in [5.41, 5.74) is 1.94. The Bertz CT molecular complexity index is 436. The second-order valence-corrected chi connectivity index (χ2v) is 5.27. The summed E-state index contributed by atoms with van der Waals surface area (Å²) in [7, 11) is 0. The van der Waals surface area contributed by atoms with Gasteiger partial charge in [0.25, 0.3) is 0 Å². The van der Waals surface area contributed by atoms with Crippen LogP contribution >= 0.6 is 11.6 Å². The van der Waals surface area contributed by atoms with Gasteiger partial charge in [-0.2, -0.15) is 0 Å². The number of hydrogen-bond acceptors (Lipinski definition) is 2. The van der Waals surface area contributed by atoms with Crippen molar-refractivity contribution >= 4 is 23.0 Å². The molecule has 2 aliphatic rings. The molecule has 0 aliphatic carbocycles. The second kappa shape index (κ2) is 4.37. The first kappa shape index (κ1) is 11.1. The van der Waals surface area contributed by atoms with Gasteiger partial charge in [-0.3, -0.25) is 0 Å². The maximum absolute atomic E-state index is 13.6. The van der Waals surface area contributed by atoms with Gasteiger partial charge < -0.3 is 10.2 Å². The maximum Gasteiger partial charge on any atom is 0.144 e. The van der Waals surface area contributed by atoms with E-state index < -0.39 is 0 Å². The maximum atomic E-state index is 13.6. The zero-order valence-electron chi connectivity index (χ0n) is 9.68. The number of halogens is 2. The SMILES string of the molecule is Fc1cc2c(cc1Cl)NCC1CCCCCN21. The van der Waals surface area contributed by atoms with Crippen LogP contribution < -0.4 is 10.2 Å². The number of rotatable bonds is 0. The van der Waals surface area contributed by atoms with Crippen molar-refractivity contribution in [3.63, 3.8) is 0 Å². The summed E-state index contributed by atoms with van der Waals surface area (Å²) < 4.78 is 13.6. The molecule has 0 bridgehead atoms. The molecule has 0 saturated carbocycles. The highest BCUT2D eigenvalue weighted by molar-refractivity contribution is 6.31. The van der Waals surface area contributed by atoms with E-state index >= 15 is 0 Å². The van der Waals surface area contributed by atoms with Gasteiger partial charge in [0.15, 0.2) is 0 Å². The first-order valence-corrected chi connectivity index (χ1v) is 6.63. The molecule has 1 atom stereocenters. The van der Waals surface area contributed by atoms with Crippen LogP contribution in [0.5, 0.6) is 0 Å². The molecule has 4 heteroatoms. The summed E-state index contributed by atoms with van der Waals surface area (Å²) in [5, 5.41) is 3.56. The largest absolute Gasteiger partial charge is 0.381 e.